The van der Waals surface area contributed by atoms with Crippen molar-refractivity contribution in [3.8, 4) is 11.8 Å². The molecule has 2 aliphatic heterocycles. The predicted molar refractivity (Wildman–Crippen MR) is 128 cm³/mol. The number of hydrogen-bond donors (Lipinski definition) is 1. The van der Waals surface area contributed by atoms with E-state index in [0.717, 1.165) is 5.56 Å². The number of ether oxygens (including phenoxy) is 4. The first-order chi connectivity index (χ1) is 17.9. The number of nitrogens with zero attached hydrogens (tertiary/aromatic N) is 2. The molecule has 2 heterocycles. The van der Waals surface area contributed by atoms with Crippen LogP contribution in [0.25, 0.3) is 0 Å². The van der Waals surface area contributed by atoms with E-state index in [0.29, 0.717) is 11.3 Å². The molecule has 0 bridgehead atoms. The summed E-state index contributed by atoms with van der Waals surface area (Å²) in [6.07, 6.45) is -0.512. The highest BCUT2D eigenvalue weighted by molar-refractivity contribution is 8.03. The van der Waals surface area contributed by atoms with Crippen molar-refractivity contribution in [3.63, 3.8) is 0 Å². The topological polar surface area (TPSA) is 144 Å². The average molecular weight is 524 g/mol. The Hall–Kier alpha value is -4.50. The zero-order valence-electron chi connectivity index (χ0n) is 19.4. The van der Waals surface area contributed by atoms with Crippen LogP contribution in [0.2, 0.25) is 0 Å². The summed E-state index contributed by atoms with van der Waals surface area (Å²) in [4.78, 5) is 49.6. The van der Waals surface area contributed by atoms with E-state index >= 15 is 0 Å². The minimum absolute atomic E-state index is 0.0234. The number of fused-ring (bicyclic) bond motifs is 1. The van der Waals surface area contributed by atoms with Gasteiger partial charge in [-0.15, -0.1) is 0 Å². The van der Waals surface area contributed by atoms with Crippen LogP contribution in [0.3, 0.4) is 0 Å². The fourth-order valence-corrected chi connectivity index (χ4v) is 4.55. The zero-order valence-corrected chi connectivity index (χ0v) is 20.2. The highest BCUT2D eigenvalue weighted by atomic mass is 32.2. The highest BCUT2D eigenvalue weighted by Crippen LogP contribution is 2.46. The Kier molecular flexibility index (Phi) is 8.27. The molecule has 1 N–H and O–H groups in total. The molecule has 11 nitrogen and oxygen atoms in total. The van der Waals surface area contributed by atoms with Gasteiger partial charge >= 0.3 is 18.0 Å². The lowest BCUT2D eigenvalue weighted by Crippen LogP contribution is -2.48. The van der Waals surface area contributed by atoms with Crippen LogP contribution in [0.15, 0.2) is 65.4 Å². The lowest BCUT2D eigenvalue weighted by atomic mass is 10.2. The summed E-state index contributed by atoms with van der Waals surface area (Å²) in [5.41, 5.74) is 1.23. The van der Waals surface area contributed by atoms with Gasteiger partial charge in [0.1, 0.15) is 32.1 Å². The number of amides is 2. The van der Waals surface area contributed by atoms with Gasteiger partial charge in [-0.05, 0) is 29.8 Å². The third-order valence-electron chi connectivity index (χ3n) is 5.14. The molecule has 0 aromatic heterocycles. The van der Waals surface area contributed by atoms with E-state index in [-0.39, 0.29) is 48.3 Å². The number of nitriles is 1. The van der Waals surface area contributed by atoms with Gasteiger partial charge in [0.2, 0.25) is 5.91 Å². The van der Waals surface area contributed by atoms with Crippen LogP contribution in [-0.2, 0) is 35.2 Å². The molecule has 37 heavy (non-hydrogen) atoms. The van der Waals surface area contributed by atoms with E-state index in [9.17, 15) is 19.2 Å². The molecule has 2 amide bonds. The summed E-state index contributed by atoms with van der Waals surface area (Å²) in [5, 5.41) is 11.1. The number of hydrogen-bond acceptors (Lipinski definition) is 10. The van der Waals surface area contributed by atoms with Crippen LogP contribution in [0.1, 0.15) is 17.5 Å². The zero-order chi connectivity index (χ0) is 26.2. The molecule has 1 atom stereocenters. The summed E-state index contributed by atoms with van der Waals surface area (Å²) in [7, 11) is 0. The molecule has 4 rings (SSSR count). The molecule has 2 aliphatic rings. The molecule has 2 aromatic carbocycles. The average Bonchev–Trinajstić information content (AvgIpc) is 3.21. The molecule has 12 heteroatoms. The van der Waals surface area contributed by atoms with Gasteiger partial charge in [-0.1, -0.05) is 42.1 Å². The smallest absolute Gasteiger partial charge is 0.407 e. The molecular weight excluding hydrogens is 502 g/mol. The molecular formula is C25H21N3O8S. The summed E-state index contributed by atoms with van der Waals surface area (Å²) in [6.45, 7) is -0.887. The Balaban J connectivity index is 1.21. The van der Waals surface area contributed by atoms with Crippen LogP contribution in [0.5, 0.6) is 5.75 Å². The SMILES string of the molecule is N#Cc1ccc(OC2=C(C(=O)OCCOC(=O)CNC(=O)OCc3ccccc3)N3C(=O)C[C@H]3S2)cc1. The fourth-order valence-electron chi connectivity index (χ4n) is 3.31. The number of thioether (sulfide) groups is 1. The van der Waals surface area contributed by atoms with E-state index in [1.165, 1.54) is 16.7 Å². The largest absolute Gasteiger partial charge is 0.461 e. The van der Waals surface area contributed by atoms with E-state index in [4.69, 9.17) is 24.2 Å². The van der Waals surface area contributed by atoms with Gasteiger partial charge in [0.25, 0.3) is 0 Å². The van der Waals surface area contributed by atoms with Crippen molar-refractivity contribution in [2.45, 2.75) is 18.4 Å². The molecule has 1 fully saturated rings. The Morgan fingerprint density at radius 2 is 1.76 bits per heavy atom. The maximum Gasteiger partial charge on any atom is 0.407 e. The van der Waals surface area contributed by atoms with E-state index in [2.05, 4.69) is 5.32 Å². The number of carbonyl (C=O) groups is 4. The third-order valence-corrected chi connectivity index (χ3v) is 6.28. The number of β-lactam (4-membered cyclic amide) rings is 1. The minimum atomic E-state index is -0.801. The van der Waals surface area contributed by atoms with Crippen molar-refractivity contribution in [1.82, 2.24) is 10.2 Å². The second kappa shape index (κ2) is 12.0. The second-order valence-electron chi connectivity index (χ2n) is 7.69. The normalized spacial score (nSPS) is 15.7. The molecule has 2 aromatic rings. The Morgan fingerprint density at radius 1 is 1.03 bits per heavy atom. The number of esters is 2. The number of carbonyl (C=O) groups excluding carboxylic acids is 4. The first kappa shape index (κ1) is 25.6. The van der Waals surface area contributed by atoms with Crippen LogP contribution >= 0.6 is 11.8 Å². The van der Waals surface area contributed by atoms with Crippen LogP contribution < -0.4 is 10.1 Å². The van der Waals surface area contributed by atoms with Gasteiger partial charge in [0, 0.05) is 0 Å². The van der Waals surface area contributed by atoms with Crippen molar-refractivity contribution < 1.29 is 38.1 Å². The number of nitrogens with one attached hydrogen (secondary N) is 1. The van der Waals surface area contributed by atoms with E-state index < -0.39 is 24.6 Å². The molecule has 0 saturated carbocycles. The van der Waals surface area contributed by atoms with Crippen molar-refractivity contribution in [2.75, 3.05) is 19.8 Å². The molecule has 0 spiro atoms. The van der Waals surface area contributed by atoms with Gasteiger partial charge in [0.05, 0.1) is 23.4 Å². The summed E-state index contributed by atoms with van der Waals surface area (Å²) >= 11 is 1.22. The van der Waals surface area contributed by atoms with E-state index in [1.54, 1.807) is 36.4 Å². The summed E-state index contributed by atoms with van der Waals surface area (Å²) in [5.74, 6) is -1.39. The minimum Gasteiger partial charge on any atom is -0.461 e. The van der Waals surface area contributed by atoms with Crippen molar-refractivity contribution in [2.24, 2.45) is 0 Å². The first-order valence-corrected chi connectivity index (χ1v) is 12.0. The molecule has 0 aliphatic carbocycles. The lowest BCUT2D eigenvalue weighted by Gasteiger charge is -2.33. The highest BCUT2D eigenvalue weighted by Gasteiger charge is 2.50. The summed E-state index contributed by atoms with van der Waals surface area (Å²) < 4.78 is 20.9. The maximum absolute atomic E-state index is 12.7. The Morgan fingerprint density at radius 3 is 2.46 bits per heavy atom. The molecule has 0 unspecified atom stereocenters. The molecule has 0 radical (unpaired) electrons. The van der Waals surface area contributed by atoms with Gasteiger partial charge in [-0.25, -0.2) is 9.59 Å². The van der Waals surface area contributed by atoms with Crippen LogP contribution in [0, 0.1) is 11.3 Å². The van der Waals surface area contributed by atoms with Crippen molar-refractivity contribution in [3.05, 3.63) is 76.5 Å². The Bertz CT molecular complexity index is 1260. The van der Waals surface area contributed by atoms with Crippen LogP contribution in [-0.4, -0.2) is 54.0 Å². The quantitative estimate of drug-likeness (QED) is 0.213. The molecule has 1 saturated heterocycles. The van der Waals surface area contributed by atoms with Gasteiger partial charge < -0.3 is 24.3 Å². The van der Waals surface area contributed by atoms with Gasteiger partial charge in [-0.2, -0.15) is 5.26 Å². The Labute approximate surface area is 215 Å². The van der Waals surface area contributed by atoms with Gasteiger partial charge in [-0.3, -0.25) is 14.5 Å². The van der Waals surface area contributed by atoms with Crippen molar-refractivity contribution >= 4 is 35.7 Å². The number of benzene rings is 2. The first-order valence-electron chi connectivity index (χ1n) is 11.1. The maximum atomic E-state index is 12.7. The monoisotopic (exact) mass is 523 g/mol. The van der Waals surface area contributed by atoms with E-state index in [1.807, 2.05) is 24.3 Å². The summed E-state index contributed by atoms with van der Waals surface area (Å²) in [6, 6.07) is 17.4. The number of rotatable bonds is 10. The molecule has 190 valence electrons. The van der Waals surface area contributed by atoms with Crippen molar-refractivity contribution in [1.29, 1.82) is 5.26 Å². The lowest BCUT2D eigenvalue weighted by molar-refractivity contribution is -0.152. The van der Waals surface area contributed by atoms with Crippen LogP contribution in [0.4, 0.5) is 4.79 Å². The number of alkyl carbamates (subject to hydrolysis) is 1. The fraction of sp³-hybridized carbons (Fsp3) is 0.240. The van der Waals surface area contributed by atoms with Gasteiger partial charge in [0.15, 0.2) is 10.8 Å². The second-order valence-corrected chi connectivity index (χ2v) is 8.84. The standard InChI is InChI=1S/C25H21N3O8S/c26-13-16-6-8-18(9-7-16)36-24-22(28-19(29)12-20(28)37-24)23(31)34-11-10-33-21(30)14-27-25(32)35-15-17-4-2-1-3-5-17/h1-9,20H,10-12,14-15H2,(H,27,32)/t20-/m1/s1. The third kappa shape index (κ3) is 6.59. The predicted octanol–water partition coefficient (Wildman–Crippen LogP) is 2.42.